The third kappa shape index (κ3) is 8.02. The lowest BCUT2D eigenvalue weighted by Gasteiger charge is -2.08. The van der Waals surface area contributed by atoms with Gasteiger partial charge in [0.2, 0.25) is 5.91 Å². The Kier molecular flexibility index (Phi) is 8.98. The van der Waals surface area contributed by atoms with Gasteiger partial charge in [0.05, 0.1) is 17.6 Å². The molecule has 6 nitrogen and oxygen atoms in total. The molecule has 35 heavy (non-hydrogen) atoms. The summed E-state index contributed by atoms with van der Waals surface area (Å²) in [5.74, 6) is 0.574. The molecule has 0 bridgehead atoms. The average molecular weight is 475 g/mol. The second kappa shape index (κ2) is 12.8. The zero-order chi connectivity index (χ0) is 24.3. The van der Waals surface area contributed by atoms with Crippen LogP contribution in [0.2, 0.25) is 0 Å². The van der Waals surface area contributed by atoms with Gasteiger partial charge in [-0.1, -0.05) is 48.5 Å². The van der Waals surface area contributed by atoms with Crippen molar-refractivity contribution in [3.05, 3.63) is 101 Å². The van der Waals surface area contributed by atoms with Crippen molar-refractivity contribution in [2.24, 2.45) is 0 Å². The zero-order valence-corrected chi connectivity index (χ0v) is 19.7. The van der Waals surface area contributed by atoms with Crippen LogP contribution in [0.3, 0.4) is 0 Å². The van der Waals surface area contributed by atoms with Crippen LogP contribution in [0.15, 0.2) is 72.8 Å². The largest absolute Gasteiger partial charge is 0.367 e. The van der Waals surface area contributed by atoms with Gasteiger partial charge < -0.3 is 20.4 Å². The molecule has 3 N–H and O–H groups in total. The van der Waals surface area contributed by atoms with Crippen LogP contribution in [-0.2, 0) is 35.5 Å². The molecule has 0 fully saturated rings. The number of hydrogen-bond acceptors (Lipinski definition) is 4. The van der Waals surface area contributed by atoms with E-state index in [1.54, 1.807) is 12.1 Å². The van der Waals surface area contributed by atoms with Gasteiger partial charge >= 0.3 is 0 Å². The molecule has 0 unspecified atom stereocenters. The number of aromatic nitrogens is 2. The van der Waals surface area contributed by atoms with Crippen molar-refractivity contribution in [2.45, 2.75) is 32.4 Å². The highest BCUT2D eigenvalue weighted by Crippen LogP contribution is 2.11. The van der Waals surface area contributed by atoms with Crippen LogP contribution in [0.1, 0.15) is 28.9 Å². The number of benzene rings is 3. The predicted molar refractivity (Wildman–Crippen MR) is 135 cm³/mol. The number of para-hydroxylation sites is 2. The van der Waals surface area contributed by atoms with Crippen LogP contribution in [0.25, 0.3) is 11.0 Å². The number of H-pyrrole nitrogens is 1. The smallest absolute Gasteiger partial charge is 0.246 e. The summed E-state index contributed by atoms with van der Waals surface area (Å²) >= 11 is 0. The molecule has 0 saturated heterocycles. The van der Waals surface area contributed by atoms with E-state index in [0.717, 1.165) is 54.8 Å². The lowest BCUT2D eigenvalue weighted by atomic mass is 10.1. The van der Waals surface area contributed by atoms with E-state index in [1.807, 2.05) is 24.3 Å². The number of hydrogen-bond donors (Lipinski definition) is 3. The number of rotatable bonds is 13. The van der Waals surface area contributed by atoms with Gasteiger partial charge in [-0.15, -0.1) is 0 Å². The average Bonchev–Trinajstić information content (AvgIpc) is 3.29. The molecule has 4 aromatic rings. The molecule has 1 aromatic heterocycles. The van der Waals surface area contributed by atoms with E-state index in [0.29, 0.717) is 6.54 Å². The summed E-state index contributed by atoms with van der Waals surface area (Å²) in [4.78, 5) is 19.9. The van der Waals surface area contributed by atoms with E-state index < -0.39 is 0 Å². The second-order valence-electron chi connectivity index (χ2n) is 8.52. The lowest BCUT2D eigenvalue weighted by molar-refractivity contribution is -0.126. The first-order chi connectivity index (χ1) is 17.2. The Morgan fingerprint density at radius 2 is 1.63 bits per heavy atom. The van der Waals surface area contributed by atoms with Gasteiger partial charge in [0.1, 0.15) is 18.2 Å². The van der Waals surface area contributed by atoms with Crippen molar-refractivity contribution in [3.8, 4) is 0 Å². The first kappa shape index (κ1) is 24.6. The van der Waals surface area contributed by atoms with Gasteiger partial charge in [-0.3, -0.25) is 4.79 Å². The summed E-state index contributed by atoms with van der Waals surface area (Å²) < 4.78 is 18.3. The topological polar surface area (TPSA) is 79.0 Å². The van der Waals surface area contributed by atoms with Crippen LogP contribution >= 0.6 is 0 Å². The Morgan fingerprint density at radius 1 is 0.886 bits per heavy atom. The van der Waals surface area contributed by atoms with Crippen LogP contribution in [0.4, 0.5) is 4.39 Å². The van der Waals surface area contributed by atoms with Crippen molar-refractivity contribution in [3.63, 3.8) is 0 Å². The summed E-state index contributed by atoms with van der Waals surface area (Å²) in [6.07, 6.45) is 2.62. The van der Waals surface area contributed by atoms with E-state index >= 15 is 0 Å². The fourth-order valence-corrected chi connectivity index (χ4v) is 3.80. The number of halogens is 1. The number of imidazole rings is 1. The minimum atomic E-state index is -0.284. The van der Waals surface area contributed by atoms with E-state index in [-0.39, 0.29) is 24.9 Å². The zero-order valence-electron chi connectivity index (χ0n) is 19.7. The SMILES string of the molecule is O=C(COCc1ccc(F)cc1)NCCCc1ccc(CNCCc2nc3ccccc3[nH]2)cc1. The summed E-state index contributed by atoms with van der Waals surface area (Å²) in [5, 5.41) is 6.35. The van der Waals surface area contributed by atoms with Crippen molar-refractivity contribution in [1.29, 1.82) is 0 Å². The molecule has 182 valence electrons. The number of amides is 1. The molecule has 0 spiro atoms. The number of nitrogens with zero attached hydrogens (tertiary/aromatic N) is 1. The summed E-state index contributed by atoms with van der Waals surface area (Å²) in [6, 6.07) is 22.7. The number of carbonyl (C=O) groups excluding carboxylic acids is 1. The lowest BCUT2D eigenvalue weighted by Crippen LogP contribution is -2.28. The third-order valence-corrected chi connectivity index (χ3v) is 5.71. The van der Waals surface area contributed by atoms with E-state index in [9.17, 15) is 9.18 Å². The van der Waals surface area contributed by atoms with Gasteiger partial charge in [-0.05, 0) is 53.8 Å². The Labute approximate surface area is 204 Å². The fraction of sp³-hybridized carbons (Fsp3) is 0.286. The molecule has 0 aliphatic rings. The fourth-order valence-electron chi connectivity index (χ4n) is 3.80. The van der Waals surface area contributed by atoms with Gasteiger partial charge in [-0.2, -0.15) is 0 Å². The van der Waals surface area contributed by atoms with Crippen LogP contribution in [-0.4, -0.2) is 35.6 Å². The highest BCUT2D eigenvalue weighted by atomic mass is 19.1. The van der Waals surface area contributed by atoms with Crippen LogP contribution in [0.5, 0.6) is 0 Å². The predicted octanol–water partition coefficient (Wildman–Crippen LogP) is 4.30. The number of nitrogens with one attached hydrogen (secondary N) is 3. The molecule has 0 aliphatic heterocycles. The van der Waals surface area contributed by atoms with E-state index in [2.05, 4.69) is 44.9 Å². The molecular weight excluding hydrogens is 443 g/mol. The number of ether oxygens (including phenoxy) is 1. The molecule has 0 radical (unpaired) electrons. The maximum Gasteiger partial charge on any atom is 0.246 e. The van der Waals surface area contributed by atoms with Crippen LogP contribution in [0, 0.1) is 5.82 Å². The van der Waals surface area contributed by atoms with Crippen molar-refractivity contribution < 1.29 is 13.9 Å². The first-order valence-electron chi connectivity index (χ1n) is 12.0. The van der Waals surface area contributed by atoms with E-state index in [1.165, 1.54) is 23.3 Å². The summed E-state index contributed by atoms with van der Waals surface area (Å²) in [7, 11) is 0. The highest BCUT2D eigenvalue weighted by Gasteiger charge is 2.03. The third-order valence-electron chi connectivity index (χ3n) is 5.71. The molecule has 4 rings (SSSR count). The minimum Gasteiger partial charge on any atom is -0.367 e. The standard InChI is InChI=1S/C28H31FN4O2/c29-24-13-11-23(12-14-24)19-35-20-28(34)31-16-3-4-21-7-9-22(10-8-21)18-30-17-15-27-32-25-5-1-2-6-26(25)33-27/h1-2,5-14,30H,3-4,15-20H2,(H,31,34)(H,32,33). The Balaban J connectivity index is 1.06. The molecule has 3 aromatic carbocycles. The molecular formula is C28H31FN4O2. The highest BCUT2D eigenvalue weighted by molar-refractivity contribution is 5.77. The number of carbonyl (C=O) groups is 1. The summed E-state index contributed by atoms with van der Waals surface area (Å²) in [6.45, 7) is 2.55. The van der Waals surface area contributed by atoms with E-state index in [4.69, 9.17) is 4.74 Å². The number of aromatic amines is 1. The first-order valence-corrected chi connectivity index (χ1v) is 12.0. The van der Waals surface area contributed by atoms with Crippen molar-refractivity contribution >= 4 is 16.9 Å². The molecule has 0 atom stereocenters. The Bertz CT molecular complexity index is 1170. The minimum absolute atomic E-state index is 0.00455. The van der Waals surface area contributed by atoms with Crippen LogP contribution < -0.4 is 10.6 Å². The molecule has 1 heterocycles. The number of aryl methyl sites for hydroxylation is 1. The normalized spacial score (nSPS) is 11.1. The van der Waals surface area contributed by atoms with Gasteiger partial charge in [0.15, 0.2) is 0 Å². The summed E-state index contributed by atoms with van der Waals surface area (Å²) in [5.41, 5.74) is 5.41. The monoisotopic (exact) mass is 474 g/mol. The molecule has 1 amide bonds. The maximum atomic E-state index is 12.9. The molecule has 0 saturated carbocycles. The quantitative estimate of drug-likeness (QED) is 0.253. The Hall–Kier alpha value is -3.55. The molecule has 0 aliphatic carbocycles. The Morgan fingerprint density at radius 3 is 2.43 bits per heavy atom. The number of fused-ring (bicyclic) bond motifs is 1. The second-order valence-corrected chi connectivity index (χ2v) is 8.52. The molecule has 7 heteroatoms. The maximum absolute atomic E-state index is 12.9. The van der Waals surface area contributed by atoms with Crippen molar-refractivity contribution in [1.82, 2.24) is 20.6 Å². The van der Waals surface area contributed by atoms with Gasteiger partial charge in [-0.25, -0.2) is 9.37 Å². The van der Waals surface area contributed by atoms with Gasteiger partial charge in [0.25, 0.3) is 0 Å². The van der Waals surface area contributed by atoms with Gasteiger partial charge in [0, 0.05) is 26.1 Å². The van der Waals surface area contributed by atoms with Crippen molar-refractivity contribution in [2.75, 3.05) is 19.7 Å².